The molecule has 0 amide bonds. The van der Waals surface area contributed by atoms with Gasteiger partial charge in [-0.1, -0.05) is 6.07 Å². The molecule has 0 aliphatic carbocycles. The molecule has 1 fully saturated rings. The van der Waals surface area contributed by atoms with Crippen molar-refractivity contribution in [2.45, 2.75) is 19.4 Å². The summed E-state index contributed by atoms with van der Waals surface area (Å²) in [6.07, 6.45) is 0.349. The van der Waals surface area contributed by atoms with Gasteiger partial charge in [-0.15, -0.1) is 0 Å². The number of benzene rings is 1. The average molecular weight is 265 g/mol. The van der Waals surface area contributed by atoms with E-state index in [2.05, 4.69) is 4.90 Å². The molecule has 4 nitrogen and oxygen atoms in total. The zero-order valence-corrected chi connectivity index (χ0v) is 11.8. The number of aryl methyl sites for hydroxylation is 1. The Morgan fingerprint density at radius 3 is 2.74 bits per heavy atom. The van der Waals surface area contributed by atoms with Crippen LogP contribution in [0.25, 0.3) is 0 Å². The van der Waals surface area contributed by atoms with Gasteiger partial charge in [-0.2, -0.15) is 0 Å². The van der Waals surface area contributed by atoms with Crippen LogP contribution in [0.1, 0.15) is 23.7 Å². The summed E-state index contributed by atoms with van der Waals surface area (Å²) in [5.41, 5.74) is 2.07. The van der Waals surface area contributed by atoms with Gasteiger partial charge in [0.05, 0.1) is 26.4 Å². The second-order valence-corrected chi connectivity index (χ2v) is 4.98. The number of ether oxygens (including phenoxy) is 2. The molecule has 1 aromatic carbocycles. The van der Waals surface area contributed by atoms with Crippen LogP contribution in [0.5, 0.6) is 5.75 Å². The molecule has 0 radical (unpaired) electrons. The van der Waals surface area contributed by atoms with Crippen molar-refractivity contribution in [3.63, 3.8) is 0 Å². The average Bonchev–Trinajstić information content (AvgIpc) is 2.45. The van der Waals surface area contributed by atoms with Crippen LogP contribution in [-0.2, 0) is 4.74 Å². The van der Waals surface area contributed by atoms with Crippen LogP contribution in [0.2, 0.25) is 0 Å². The molecular weight excluding hydrogens is 242 g/mol. The summed E-state index contributed by atoms with van der Waals surface area (Å²) in [6, 6.07) is 5.83. The number of rotatable bonds is 5. The Balaban J connectivity index is 1.89. The Hall–Kier alpha value is -1.10. The van der Waals surface area contributed by atoms with Gasteiger partial charge in [0.1, 0.15) is 5.75 Å². The third kappa shape index (κ3) is 3.93. The molecule has 19 heavy (non-hydrogen) atoms. The second-order valence-electron chi connectivity index (χ2n) is 4.98. The molecule has 0 bridgehead atoms. The van der Waals surface area contributed by atoms with Crippen molar-refractivity contribution in [2.75, 3.05) is 40.0 Å². The molecule has 1 atom stereocenters. The van der Waals surface area contributed by atoms with Crippen LogP contribution in [-0.4, -0.2) is 50.0 Å². The standard InChI is InChI=1S/C15H23NO3/c1-12-11-13(18-2)3-4-14(12)15(17)5-6-16-7-9-19-10-8-16/h3-4,11,15,17H,5-10H2,1-2H3. The van der Waals surface area contributed by atoms with Gasteiger partial charge in [-0.25, -0.2) is 0 Å². The fraction of sp³-hybridized carbons (Fsp3) is 0.600. The molecule has 106 valence electrons. The molecule has 0 aromatic heterocycles. The van der Waals surface area contributed by atoms with Gasteiger partial charge in [0, 0.05) is 19.6 Å². The van der Waals surface area contributed by atoms with E-state index in [0.717, 1.165) is 56.1 Å². The highest BCUT2D eigenvalue weighted by Gasteiger charge is 2.15. The number of nitrogens with zero attached hydrogens (tertiary/aromatic N) is 1. The monoisotopic (exact) mass is 265 g/mol. The summed E-state index contributed by atoms with van der Waals surface area (Å²) in [4.78, 5) is 2.34. The van der Waals surface area contributed by atoms with E-state index in [1.54, 1.807) is 7.11 Å². The SMILES string of the molecule is COc1ccc(C(O)CCN2CCOCC2)c(C)c1. The normalized spacial score (nSPS) is 18.3. The van der Waals surface area contributed by atoms with Crippen molar-refractivity contribution >= 4 is 0 Å². The van der Waals surface area contributed by atoms with Crippen LogP contribution >= 0.6 is 0 Å². The molecule has 2 rings (SSSR count). The van der Waals surface area contributed by atoms with Crippen molar-refractivity contribution in [3.05, 3.63) is 29.3 Å². The first kappa shape index (κ1) is 14.3. The summed E-state index contributed by atoms with van der Waals surface area (Å²) >= 11 is 0. The van der Waals surface area contributed by atoms with E-state index in [9.17, 15) is 5.11 Å². The van der Waals surface area contributed by atoms with E-state index in [4.69, 9.17) is 9.47 Å². The highest BCUT2D eigenvalue weighted by molar-refractivity contribution is 5.35. The lowest BCUT2D eigenvalue weighted by molar-refractivity contribution is 0.0300. The molecule has 0 saturated carbocycles. The number of aliphatic hydroxyl groups excluding tert-OH is 1. The minimum Gasteiger partial charge on any atom is -0.497 e. The first-order valence-corrected chi connectivity index (χ1v) is 6.83. The van der Waals surface area contributed by atoms with E-state index < -0.39 is 6.10 Å². The molecule has 1 aliphatic heterocycles. The fourth-order valence-corrected chi connectivity index (χ4v) is 2.43. The Bertz CT molecular complexity index is 402. The zero-order chi connectivity index (χ0) is 13.7. The molecule has 1 heterocycles. The fourth-order valence-electron chi connectivity index (χ4n) is 2.43. The van der Waals surface area contributed by atoms with E-state index in [0.29, 0.717) is 0 Å². The molecule has 1 N–H and O–H groups in total. The minimum atomic E-state index is -0.409. The van der Waals surface area contributed by atoms with Crippen molar-refractivity contribution < 1.29 is 14.6 Å². The van der Waals surface area contributed by atoms with E-state index in [1.165, 1.54) is 0 Å². The predicted molar refractivity (Wildman–Crippen MR) is 74.6 cm³/mol. The lowest BCUT2D eigenvalue weighted by atomic mass is 10.0. The number of aliphatic hydroxyl groups is 1. The lowest BCUT2D eigenvalue weighted by Gasteiger charge is -2.27. The van der Waals surface area contributed by atoms with E-state index in [-0.39, 0.29) is 0 Å². The van der Waals surface area contributed by atoms with Crippen LogP contribution in [0.3, 0.4) is 0 Å². The number of hydrogen-bond donors (Lipinski definition) is 1. The quantitative estimate of drug-likeness (QED) is 0.881. The molecule has 1 unspecified atom stereocenters. The number of methoxy groups -OCH3 is 1. The molecule has 1 aromatic rings. The summed E-state index contributed by atoms with van der Waals surface area (Å²) in [5.74, 6) is 0.835. The highest BCUT2D eigenvalue weighted by atomic mass is 16.5. The van der Waals surface area contributed by atoms with Crippen molar-refractivity contribution in [1.29, 1.82) is 0 Å². The summed E-state index contributed by atoms with van der Waals surface area (Å²) in [7, 11) is 1.66. The predicted octanol–water partition coefficient (Wildman–Crippen LogP) is 1.76. The van der Waals surface area contributed by atoms with Crippen LogP contribution in [0.4, 0.5) is 0 Å². The number of morpholine rings is 1. The maximum atomic E-state index is 10.3. The molecule has 1 aliphatic rings. The largest absolute Gasteiger partial charge is 0.497 e. The van der Waals surface area contributed by atoms with Gasteiger partial charge >= 0.3 is 0 Å². The van der Waals surface area contributed by atoms with Crippen LogP contribution in [0, 0.1) is 6.92 Å². The second kappa shape index (κ2) is 6.89. The Morgan fingerprint density at radius 2 is 2.11 bits per heavy atom. The van der Waals surface area contributed by atoms with Crippen LogP contribution in [0.15, 0.2) is 18.2 Å². The third-order valence-corrected chi connectivity index (χ3v) is 3.66. The van der Waals surface area contributed by atoms with Crippen molar-refractivity contribution in [1.82, 2.24) is 4.90 Å². The summed E-state index contributed by atoms with van der Waals surface area (Å²) in [6.45, 7) is 6.46. The topological polar surface area (TPSA) is 41.9 Å². The van der Waals surface area contributed by atoms with Crippen molar-refractivity contribution in [3.8, 4) is 5.75 Å². The first-order chi connectivity index (χ1) is 9.20. The van der Waals surface area contributed by atoms with Gasteiger partial charge in [-0.05, 0) is 36.6 Å². The highest BCUT2D eigenvalue weighted by Crippen LogP contribution is 2.24. The lowest BCUT2D eigenvalue weighted by Crippen LogP contribution is -2.37. The van der Waals surface area contributed by atoms with Gasteiger partial charge in [0.15, 0.2) is 0 Å². The smallest absolute Gasteiger partial charge is 0.119 e. The van der Waals surface area contributed by atoms with Gasteiger partial charge in [0.2, 0.25) is 0 Å². The van der Waals surface area contributed by atoms with Gasteiger partial charge in [-0.3, -0.25) is 4.90 Å². The van der Waals surface area contributed by atoms with E-state index in [1.807, 2.05) is 25.1 Å². The maximum absolute atomic E-state index is 10.3. The molecule has 1 saturated heterocycles. The molecule has 0 spiro atoms. The van der Waals surface area contributed by atoms with Gasteiger partial charge in [0.25, 0.3) is 0 Å². The number of hydrogen-bond acceptors (Lipinski definition) is 4. The minimum absolute atomic E-state index is 0.409. The molecule has 4 heteroatoms. The summed E-state index contributed by atoms with van der Waals surface area (Å²) < 4.78 is 10.5. The Labute approximate surface area is 114 Å². The first-order valence-electron chi connectivity index (χ1n) is 6.83. The zero-order valence-electron chi connectivity index (χ0n) is 11.8. The van der Waals surface area contributed by atoms with Gasteiger partial charge < -0.3 is 14.6 Å². The Morgan fingerprint density at radius 1 is 1.37 bits per heavy atom. The Kier molecular flexibility index (Phi) is 5.19. The van der Waals surface area contributed by atoms with E-state index >= 15 is 0 Å². The van der Waals surface area contributed by atoms with Crippen LogP contribution < -0.4 is 4.74 Å². The van der Waals surface area contributed by atoms with Crippen molar-refractivity contribution in [2.24, 2.45) is 0 Å². The maximum Gasteiger partial charge on any atom is 0.119 e. The molecular formula is C15H23NO3. The summed E-state index contributed by atoms with van der Waals surface area (Å²) in [5, 5.41) is 10.3. The third-order valence-electron chi connectivity index (χ3n) is 3.66.